The van der Waals surface area contributed by atoms with Crippen molar-refractivity contribution in [3.05, 3.63) is 58.6 Å². The molecule has 0 bridgehead atoms. The van der Waals surface area contributed by atoms with E-state index in [1.165, 1.54) is 0 Å². The summed E-state index contributed by atoms with van der Waals surface area (Å²) in [4.78, 5) is 0. The number of hydrogen-bond acceptors (Lipinski definition) is 3. The third kappa shape index (κ3) is 3.90. The monoisotopic (exact) mass is 305 g/mol. The van der Waals surface area contributed by atoms with Gasteiger partial charge in [0.25, 0.3) is 0 Å². The first kappa shape index (κ1) is 15.7. The molecular formula is C17H20ClNO2. The molecule has 0 aliphatic heterocycles. The Morgan fingerprint density at radius 3 is 2.10 bits per heavy atom. The van der Waals surface area contributed by atoms with Gasteiger partial charge in [0.2, 0.25) is 0 Å². The van der Waals surface area contributed by atoms with E-state index in [9.17, 15) is 0 Å². The van der Waals surface area contributed by atoms with Crippen molar-refractivity contribution < 1.29 is 9.47 Å². The van der Waals surface area contributed by atoms with Crippen molar-refractivity contribution in [3.63, 3.8) is 0 Å². The van der Waals surface area contributed by atoms with Crippen LogP contribution in [0.3, 0.4) is 0 Å². The molecule has 2 aromatic rings. The Labute approximate surface area is 130 Å². The molecule has 0 saturated heterocycles. The first-order valence-corrected chi connectivity index (χ1v) is 7.44. The van der Waals surface area contributed by atoms with E-state index in [-0.39, 0.29) is 6.04 Å². The molecule has 0 saturated carbocycles. The van der Waals surface area contributed by atoms with Crippen molar-refractivity contribution in [2.75, 3.05) is 13.2 Å². The Kier molecular flexibility index (Phi) is 5.48. The van der Waals surface area contributed by atoms with Crippen molar-refractivity contribution in [3.8, 4) is 11.5 Å². The SMILES string of the molecule is CCOc1ccc(C(N)c2ccc(Cl)cc2)cc1OCC. The van der Waals surface area contributed by atoms with Crippen LogP contribution in [-0.4, -0.2) is 13.2 Å². The van der Waals surface area contributed by atoms with E-state index in [2.05, 4.69) is 0 Å². The normalized spacial score (nSPS) is 12.0. The Bertz CT molecular complexity index is 584. The van der Waals surface area contributed by atoms with Crippen LogP contribution in [0.25, 0.3) is 0 Å². The molecule has 0 radical (unpaired) electrons. The molecule has 2 rings (SSSR count). The van der Waals surface area contributed by atoms with E-state index in [0.29, 0.717) is 18.2 Å². The first-order valence-electron chi connectivity index (χ1n) is 7.06. The second-order valence-corrected chi connectivity index (χ2v) is 5.04. The Morgan fingerprint density at radius 2 is 1.48 bits per heavy atom. The van der Waals surface area contributed by atoms with Gasteiger partial charge in [-0.3, -0.25) is 0 Å². The minimum atomic E-state index is -0.225. The van der Waals surface area contributed by atoms with Gasteiger partial charge in [0, 0.05) is 5.02 Å². The van der Waals surface area contributed by atoms with Crippen LogP contribution < -0.4 is 15.2 Å². The average Bonchev–Trinajstić information content (AvgIpc) is 2.49. The van der Waals surface area contributed by atoms with Gasteiger partial charge in [0.05, 0.1) is 19.3 Å². The van der Waals surface area contributed by atoms with E-state index in [4.69, 9.17) is 26.8 Å². The molecule has 2 aromatic carbocycles. The van der Waals surface area contributed by atoms with Gasteiger partial charge in [0.15, 0.2) is 11.5 Å². The van der Waals surface area contributed by atoms with Crippen LogP contribution >= 0.6 is 11.6 Å². The standard InChI is InChI=1S/C17H20ClNO2/c1-3-20-15-10-7-13(11-16(15)21-4-2)17(19)12-5-8-14(18)9-6-12/h5-11,17H,3-4,19H2,1-2H3. The van der Waals surface area contributed by atoms with Crippen molar-refractivity contribution >= 4 is 11.6 Å². The third-order valence-corrected chi connectivity index (χ3v) is 3.41. The number of hydrogen-bond donors (Lipinski definition) is 1. The van der Waals surface area contributed by atoms with Gasteiger partial charge in [-0.05, 0) is 49.2 Å². The van der Waals surface area contributed by atoms with Crippen molar-refractivity contribution in [2.24, 2.45) is 5.73 Å². The van der Waals surface area contributed by atoms with Gasteiger partial charge in [0.1, 0.15) is 0 Å². The van der Waals surface area contributed by atoms with E-state index in [1.807, 2.05) is 56.3 Å². The predicted octanol–water partition coefficient (Wildman–Crippen LogP) is 4.19. The molecule has 0 spiro atoms. The average molecular weight is 306 g/mol. The molecule has 21 heavy (non-hydrogen) atoms. The smallest absolute Gasteiger partial charge is 0.161 e. The summed E-state index contributed by atoms with van der Waals surface area (Å²) in [5.41, 5.74) is 8.30. The van der Waals surface area contributed by atoms with Gasteiger partial charge >= 0.3 is 0 Å². The molecule has 0 aromatic heterocycles. The Balaban J connectivity index is 2.30. The van der Waals surface area contributed by atoms with Crippen LogP contribution in [0, 0.1) is 0 Å². The van der Waals surface area contributed by atoms with E-state index in [1.54, 1.807) is 0 Å². The molecule has 4 heteroatoms. The number of halogens is 1. The fourth-order valence-corrected chi connectivity index (χ4v) is 2.25. The molecule has 0 aliphatic carbocycles. The van der Waals surface area contributed by atoms with E-state index in [0.717, 1.165) is 22.6 Å². The molecule has 0 amide bonds. The molecule has 1 atom stereocenters. The first-order chi connectivity index (χ1) is 10.2. The number of ether oxygens (including phenoxy) is 2. The fourth-order valence-electron chi connectivity index (χ4n) is 2.12. The van der Waals surface area contributed by atoms with Crippen LogP contribution in [0.4, 0.5) is 0 Å². The van der Waals surface area contributed by atoms with E-state index >= 15 is 0 Å². The highest BCUT2D eigenvalue weighted by molar-refractivity contribution is 6.30. The maximum atomic E-state index is 6.32. The molecule has 1 unspecified atom stereocenters. The molecule has 3 nitrogen and oxygen atoms in total. The van der Waals surface area contributed by atoms with Gasteiger partial charge in [-0.15, -0.1) is 0 Å². The second kappa shape index (κ2) is 7.34. The van der Waals surface area contributed by atoms with Crippen LogP contribution in [-0.2, 0) is 0 Å². The maximum absolute atomic E-state index is 6.32. The van der Waals surface area contributed by atoms with Gasteiger partial charge in [-0.1, -0.05) is 29.8 Å². The summed E-state index contributed by atoms with van der Waals surface area (Å²) in [6, 6.07) is 13.1. The van der Waals surface area contributed by atoms with Crippen LogP contribution in [0.15, 0.2) is 42.5 Å². The van der Waals surface area contributed by atoms with Crippen molar-refractivity contribution in [2.45, 2.75) is 19.9 Å². The highest BCUT2D eigenvalue weighted by atomic mass is 35.5. The fraction of sp³-hybridized carbons (Fsp3) is 0.294. The van der Waals surface area contributed by atoms with Crippen molar-refractivity contribution in [1.82, 2.24) is 0 Å². The summed E-state index contributed by atoms with van der Waals surface area (Å²) < 4.78 is 11.2. The zero-order chi connectivity index (χ0) is 15.2. The van der Waals surface area contributed by atoms with Crippen LogP contribution in [0.5, 0.6) is 11.5 Å². The lowest BCUT2D eigenvalue weighted by atomic mass is 9.99. The van der Waals surface area contributed by atoms with E-state index < -0.39 is 0 Å². The number of rotatable bonds is 6. The molecule has 112 valence electrons. The number of benzene rings is 2. The summed E-state index contributed by atoms with van der Waals surface area (Å²) in [7, 11) is 0. The highest BCUT2D eigenvalue weighted by Crippen LogP contribution is 2.32. The summed E-state index contributed by atoms with van der Waals surface area (Å²) >= 11 is 5.91. The predicted molar refractivity (Wildman–Crippen MR) is 86.3 cm³/mol. The van der Waals surface area contributed by atoms with Crippen LogP contribution in [0.2, 0.25) is 5.02 Å². The summed E-state index contributed by atoms with van der Waals surface area (Å²) in [5.74, 6) is 1.47. The molecule has 0 fully saturated rings. The molecule has 2 N–H and O–H groups in total. The maximum Gasteiger partial charge on any atom is 0.161 e. The van der Waals surface area contributed by atoms with Crippen LogP contribution in [0.1, 0.15) is 31.0 Å². The molecular weight excluding hydrogens is 286 g/mol. The van der Waals surface area contributed by atoms with Crippen molar-refractivity contribution in [1.29, 1.82) is 0 Å². The third-order valence-electron chi connectivity index (χ3n) is 3.16. The summed E-state index contributed by atoms with van der Waals surface area (Å²) in [6.45, 7) is 5.08. The number of nitrogens with two attached hydrogens (primary N) is 1. The topological polar surface area (TPSA) is 44.5 Å². The lowest BCUT2D eigenvalue weighted by molar-refractivity contribution is 0.287. The zero-order valence-corrected chi connectivity index (χ0v) is 13.1. The largest absolute Gasteiger partial charge is 0.490 e. The summed E-state index contributed by atoms with van der Waals surface area (Å²) in [6.07, 6.45) is 0. The quantitative estimate of drug-likeness (QED) is 0.870. The summed E-state index contributed by atoms with van der Waals surface area (Å²) in [5, 5.41) is 0.702. The Morgan fingerprint density at radius 1 is 0.905 bits per heavy atom. The Hall–Kier alpha value is -1.71. The lowest BCUT2D eigenvalue weighted by Gasteiger charge is -2.16. The molecule has 0 heterocycles. The van der Waals surface area contributed by atoms with Gasteiger partial charge in [-0.2, -0.15) is 0 Å². The zero-order valence-electron chi connectivity index (χ0n) is 12.3. The lowest BCUT2D eigenvalue weighted by Crippen LogP contribution is -2.12. The van der Waals surface area contributed by atoms with Gasteiger partial charge in [-0.25, -0.2) is 0 Å². The minimum absolute atomic E-state index is 0.225. The van der Waals surface area contributed by atoms with Gasteiger partial charge < -0.3 is 15.2 Å². The minimum Gasteiger partial charge on any atom is -0.490 e. The molecule has 0 aliphatic rings. The highest BCUT2D eigenvalue weighted by Gasteiger charge is 2.13. The second-order valence-electron chi connectivity index (χ2n) is 4.60.